The van der Waals surface area contributed by atoms with Gasteiger partial charge in [-0.3, -0.25) is 0 Å². The fraction of sp³-hybridized carbons (Fsp3) is 0.0526. The van der Waals surface area contributed by atoms with Crippen molar-refractivity contribution in [3.8, 4) is 22.5 Å². The van der Waals surface area contributed by atoms with E-state index in [2.05, 4.69) is 241 Å². The van der Waals surface area contributed by atoms with Crippen LogP contribution in [0.2, 0.25) is 0 Å². The number of aromatic nitrogens is 2. The van der Waals surface area contributed by atoms with Crippen LogP contribution in [0.5, 0.6) is 0 Å². The summed E-state index contributed by atoms with van der Waals surface area (Å²) in [6, 6.07) is 82.0. The predicted octanol–water partition coefficient (Wildman–Crippen LogP) is 11.6. The maximum atomic E-state index is 2.53. The Balaban J connectivity index is 1.21. The monoisotopic (exact) mass is 782 g/mol. The van der Waals surface area contributed by atoms with Crippen molar-refractivity contribution in [1.82, 2.24) is 9.13 Å². The fourth-order valence-corrected chi connectivity index (χ4v) is 15.9. The van der Waals surface area contributed by atoms with E-state index in [0.29, 0.717) is 0 Å². The summed E-state index contributed by atoms with van der Waals surface area (Å²) >= 11 is 0. The molecular weight excluding hydrogens is 741 g/mol. The van der Waals surface area contributed by atoms with Crippen molar-refractivity contribution >= 4 is 72.4 Å². The Bertz CT molecular complexity index is 3410. The Morgan fingerprint density at radius 2 is 0.933 bits per heavy atom. The molecule has 60 heavy (non-hydrogen) atoms. The van der Waals surface area contributed by atoms with E-state index in [9.17, 15) is 0 Å². The largest absolute Gasteiger partial charge is 0.309 e. The van der Waals surface area contributed by atoms with Crippen molar-refractivity contribution in [1.29, 1.82) is 0 Å². The van der Waals surface area contributed by atoms with Gasteiger partial charge in [-0.2, -0.15) is 0 Å². The van der Waals surface area contributed by atoms with Crippen LogP contribution in [0.3, 0.4) is 0 Å². The summed E-state index contributed by atoms with van der Waals surface area (Å²) < 4.78 is 5.05. The van der Waals surface area contributed by atoms with E-state index in [4.69, 9.17) is 0 Å². The second-order valence-corrected chi connectivity index (χ2v) is 20.6. The van der Waals surface area contributed by atoms with Gasteiger partial charge in [0.15, 0.2) is 8.07 Å². The maximum absolute atomic E-state index is 3.09. The van der Waals surface area contributed by atoms with Crippen LogP contribution in [0.4, 0.5) is 0 Å². The SMILES string of the molecule is CC1(C)c2ccccc2-c2c1ccc1c2c2ccccc2n1-c1cccc([Si](c2ccccc2)(c2ccccc2)c2cccc3c4ccccc4n(-c4ccccc4)c23)c1. The van der Waals surface area contributed by atoms with E-state index in [1.165, 1.54) is 92.3 Å². The molecule has 0 N–H and O–H groups in total. The molecule has 0 aliphatic heterocycles. The summed E-state index contributed by atoms with van der Waals surface area (Å²) in [6.07, 6.45) is 0. The van der Waals surface area contributed by atoms with E-state index in [1.54, 1.807) is 0 Å². The van der Waals surface area contributed by atoms with Gasteiger partial charge in [0, 0.05) is 38.3 Å². The van der Waals surface area contributed by atoms with Gasteiger partial charge in [0.2, 0.25) is 0 Å². The zero-order valence-corrected chi connectivity index (χ0v) is 34.7. The molecule has 0 atom stereocenters. The lowest BCUT2D eigenvalue weighted by Crippen LogP contribution is -2.75. The normalized spacial score (nSPS) is 13.3. The zero-order valence-electron chi connectivity index (χ0n) is 33.7. The second kappa shape index (κ2) is 13.2. The van der Waals surface area contributed by atoms with E-state index >= 15 is 0 Å². The summed E-state index contributed by atoms with van der Waals surface area (Å²) in [5.74, 6) is 0. The molecule has 11 aromatic rings. The zero-order chi connectivity index (χ0) is 40.0. The van der Waals surface area contributed by atoms with Gasteiger partial charge in [0.05, 0.1) is 22.1 Å². The number of nitrogens with zero attached hydrogens (tertiary/aromatic N) is 2. The first-order chi connectivity index (χ1) is 29.6. The minimum Gasteiger partial charge on any atom is -0.309 e. The van der Waals surface area contributed by atoms with Crippen LogP contribution in [0.25, 0.3) is 66.1 Å². The Hall–Kier alpha value is -7.20. The first-order valence-electron chi connectivity index (χ1n) is 21.0. The molecule has 0 amide bonds. The summed E-state index contributed by atoms with van der Waals surface area (Å²) in [5, 5.41) is 10.6. The Morgan fingerprint density at radius 1 is 0.383 bits per heavy atom. The average Bonchev–Trinajstić information content (AvgIpc) is 3.91. The van der Waals surface area contributed by atoms with Crippen LogP contribution in [0.1, 0.15) is 25.0 Å². The third-order valence-corrected chi connectivity index (χ3v) is 18.2. The summed E-state index contributed by atoms with van der Waals surface area (Å²) in [6.45, 7) is 4.75. The highest BCUT2D eigenvalue weighted by Crippen LogP contribution is 2.53. The molecule has 0 spiro atoms. The van der Waals surface area contributed by atoms with E-state index in [-0.39, 0.29) is 5.41 Å². The quantitative estimate of drug-likeness (QED) is 0.117. The predicted molar refractivity (Wildman–Crippen MR) is 256 cm³/mol. The summed E-state index contributed by atoms with van der Waals surface area (Å²) in [4.78, 5) is 0. The number of rotatable bonds is 6. The Morgan fingerprint density at radius 3 is 1.67 bits per heavy atom. The standard InChI is InChI=1S/C57H42N2Si/c1-57(2)48-32-15-12-29-46(48)54-49(57)36-37-52-55(54)47-30-14-17-34-51(47)58(52)40-22-18-27-43(38-40)60(41-23-8-4-9-24-41,42-25-10-5-11-26-42)53-35-19-31-45-44-28-13-16-33-50(44)59(56(45)53)39-20-6-3-7-21-39/h3-38H,1-2H3. The molecule has 0 saturated heterocycles. The number of hydrogen-bond donors (Lipinski definition) is 0. The molecule has 0 saturated carbocycles. The first-order valence-corrected chi connectivity index (χ1v) is 23.0. The van der Waals surface area contributed by atoms with Crippen molar-refractivity contribution in [2.24, 2.45) is 0 Å². The fourth-order valence-electron chi connectivity index (χ4n) is 10.9. The second-order valence-electron chi connectivity index (χ2n) is 16.8. The van der Waals surface area contributed by atoms with Gasteiger partial charge in [-0.05, 0) is 85.5 Å². The highest BCUT2D eigenvalue weighted by molar-refractivity contribution is 7.20. The lowest BCUT2D eigenvalue weighted by molar-refractivity contribution is 0.661. The lowest BCUT2D eigenvalue weighted by Gasteiger charge is -2.35. The van der Waals surface area contributed by atoms with E-state index < -0.39 is 8.07 Å². The lowest BCUT2D eigenvalue weighted by atomic mass is 9.82. The molecule has 2 nitrogen and oxygen atoms in total. The minimum absolute atomic E-state index is 0.0803. The average molecular weight is 783 g/mol. The molecule has 1 aliphatic rings. The Kier molecular flexibility index (Phi) is 7.63. The van der Waals surface area contributed by atoms with Gasteiger partial charge in [-0.25, -0.2) is 0 Å². The molecule has 2 heterocycles. The molecule has 3 heteroatoms. The van der Waals surface area contributed by atoms with Gasteiger partial charge in [-0.1, -0.05) is 190 Å². The van der Waals surface area contributed by atoms with Crippen LogP contribution < -0.4 is 20.7 Å². The van der Waals surface area contributed by atoms with Gasteiger partial charge >= 0.3 is 0 Å². The van der Waals surface area contributed by atoms with Crippen molar-refractivity contribution in [3.05, 3.63) is 230 Å². The van der Waals surface area contributed by atoms with Crippen LogP contribution in [0, 0.1) is 0 Å². The van der Waals surface area contributed by atoms with Gasteiger partial charge < -0.3 is 9.13 Å². The van der Waals surface area contributed by atoms with Gasteiger partial charge in [0.1, 0.15) is 0 Å². The van der Waals surface area contributed by atoms with E-state index in [1.807, 2.05) is 0 Å². The third kappa shape index (κ3) is 4.75. The first kappa shape index (κ1) is 34.8. The molecule has 284 valence electrons. The molecule has 0 bridgehead atoms. The highest BCUT2D eigenvalue weighted by atomic mass is 28.3. The van der Waals surface area contributed by atoms with Crippen LogP contribution in [0.15, 0.2) is 218 Å². The number of para-hydroxylation sites is 4. The molecule has 0 radical (unpaired) electrons. The molecule has 12 rings (SSSR count). The van der Waals surface area contributed by atoms with E-state index in [0.717, 1.165) is 5.69 Å². The van der Waals surface area contributed by atoms with Crippen molar-refractivity contribution in [2.45, 2.75) is 19.3 Å². The molecule has 1 aliphatic carbocycles. The number of benzene rings is 9. The summed E-state index contributed by atoms with van der Waals surface area (Å²) in [7, 11) is -3.09. The molecular formula is C57H42N2Si. The van der Waals surface area contributed by atoms with Gasteiger partial charge in [-0.15, -0.1) is 0 Å². The molecule has 0 unspecified atom stereocenters. The summed E-state index contributed by atoms with van der Waals surface area (Å²) in [5.41, 5.74) is 12.7. The van der Waals surface area contributed by atoms with Crippen LogP contribution in [-0.4, -0.2) is 17.2 Å². The van der Waals surface area contributed by atoms with Crippen molar-refractivity contribution in [3.63, 3.8) is 0 Å². The van der Waals surface area contributed by atoms with Crippen LogP contribution >= 0.6 is 0 Å². The number of fused-ring (bicyclic) bond motifs is 10. The highest BCUT2D eigenvalue weighted by Gasteiger charge is 2.44. The Labute approximate surface area is 351 Å². The van der Waals surface area contributed by atoms with Crippen molar-refractivity contribution < 1.29 is 0 Å². The van der Waals surface area contributed by atoms with Gasteiger partial charge in [0.25, 0.3) is 0 Å². The van der Waals surface area contributed by atoms with Crippen LogP contribution in [-0.2, 0) is 5.41 Å². The van der Waals surface area contributed by atoms with Crippen molar-refractivity contribution in [2.75, 3.05) is 0 Å². The smallest absolute Gasteiger partial charge is 0.181 e. The molecule has 9 aromatic carbocycles. The molecule has 0 fully saturated rings. The molecule has 2 aromatic heterocycles. The minimum atomic E-state index is -3.09. The topological polar surface area (TPSA) is 9.86 Å². The third-order valence-electron chi connectivity index (χ3n) is 13.4. The maximum Gasteiger partial charge on any atom is 0.181 e. The number of hydrogen-bond acceptors (Lipinski definition) is 0.